The van der Waals surface area contributed by atoms with E-state index in [0.29, 0.717) is 17.4 Å². The van der Waals surface area contributed by atoms with E-state index in [9.17, 15) is 0 Å². The van der Waals surface area contributed by atoms with Gasteiger partial charge in [-0.15, -0.1) is 59.2 Å². The number of fused-ring (bicyclic) bond motifs is 4. The second-order valence-corrected chi connectivity index (χ2v) is 22.5. The molecule has 3 heterocycles. The number of hydrogen-bond donors (Lipinski definition) is 0. The summed E-state index contributed by atoms with van der Waals surface area (Å²) in [6.45, 7) is 13.9. The molecule has 6 aromatic carbocycles. The average Bonchev–Trinajstić information content (AvgIpc) is 3.81. The largest absolute Gasteiger partial charge is 0.333 e. The molecule has 3 aromatic heterocycles. The van der Waals surface area contributed by atoms with Gasteiger partial charge in [-0.1, -0.05) is 132 Å². The molecular weight excluding hydrogens is 919 g/mol. The van der Waals surface area contributed by atoms with Crippen LogP contribution < -0.4 is 5.19 Å². The van der Waals surface area contributed by atoms with Gasteiger partial charge in [0.2, 0.25) is 0 Å². The van der Waals surface area contributed by atoms with Crippen molar-refractivity contribution in [3.63, 3.8) is 0 Å². The van der Waals surface area contributed by atoms with Gasteiger partial charge in [0.25, 0.3) is 0 Å². The van der Waals surface area contributed by atoms with E-state index < -0.39 is 14.9 Å². The van der Waals surface area contributed by atoms with E-state index in [-0.39, 0.29) is 20.1 Å². The Balaban J connectivity index is 0.000000226. The van der Waals surface area contributed by atoms with Crippen LogP contribution in [0.2, 0.25) is 19.6 Å². The standard InChI is InChI=1S/C37H31N2S.C15H18NSi.Ir/c1-23(2)29-21-27(25-12-6-5-7-13-25)22-30(24(3)4)36(29)39-33-16-10-9-15-32(33)38-37(39)26-18-19-35-31(20-26)28-14-8-11-17-34(28)40-35;1-12-5-7-13(8-6-12)15-10-9-14(11-16-15)17(2,3)4;/h5-17,19-24H,1-4H3;5-7,9-11H,1-4H3;/q2*-1;/i;1D3;. The molecule has 1 radical (unpaired) electrons. The number of pyridine rings is 1. The zero-order valence-corrected chi connectivity index (χ0v) is 38.2. The number of benzene rings is 6. The first-order valence-corrected chi connectivity index (χ1v) is 24.0. The maximum Gasteiger partial charge on any atom is 0.0795 e. The molecule has 0 saturated heterocycles. The Morgan fingerprint density at radius 2 is 1.36 bits per heavy atom. The van der Waals surface area contributed by atoms with Crippen LogP contribution in [0.25, 0.3) is 70.7 Å². The summed E-state index contributed by atoms with van der Waals surface area (Å²) in [7, 11) is -1.34. The fourth-order valence-corrected chi connectivity index (χ4v) is 9.53. The summed E-state index contributed by atoms with van der Waals surface area (Å²) in [5.41, 5.74) is 11.5. The van der Waals surface area contributed by atoms with Crippen LogP contribution in [0, 0.1) is 19.0 Å². The van der Waals surface area contributed by atoms with Crippen molar-refractivity contribution in [1.29, 1.82) is 0 Å². The van der Waals surface area contributed by atoms with E-state index in [4.69, 9.17) is 9.10 Å². The molecule has 0 saturated carbocycles. The van der Waals surface area contributed by atoms with Crippen LogP contribution in [0.3, 0.4) is 0 Å². The van der Waals surface area contributed by atoms with Gasteiger partial charge in [0.1, 0.15) is 0 Å². The molecule has 9 aromatic rings. The Morgan fingerprint density at radius 3 is 2.02 bits per heavy atom. The molecule has 293 valence electrons. The van der Waals surface area contributed by atoms with Gasteiger partial charge < -0.3 is 9.55 Å². The third-order valence-electron chi connectivity index (χ3n) is 10.6. The SMILES string of the molecule is CC(C)c1cc(-c2ccccc2)cc(C(C)C)c1-n1c(-c2[c-]cc3sc4ccccc4c3c2)nc2ccccc21.[2H]C([2H])([2H])c1c[c-]c(-c2ccc([Si](C)(C)C)cn2)cc1.[Ir]. The maximum atomic E-state index is 7.35. The van der Waals surface area contributed by atoms with Gasteiger partial charge >= 0.3 is 0 Å². The van der Waals surface area contributed by atoms with E-state index in [1.807, 2.05) is 23.6 Å². The van der Waals surface area contributed by atoms with E-state index in [1.165, 1.54) is 59.4 Å². The topological polar surface area (TPSA) is 30.7 Å². The summed E-state index contributed by atoms with van der Waals surface area (Å²) in [6.07, 6.45) is 1.92. The quantitative estimate of drug-likeness (QED) is 0.118. The van der Waals surface area contributed by atoms with Crippen LogP contribution in [0.4, 0.5) is 0 Å². The minimum Gasteiger partial charge on any atom is -0.333 e. The molecule has 0 aliphatic heterocycles. The van der Waals surface area contributed by atoms with Crippen LogP contribution in [0.1, 0.15) is 60.3 Å². The molecule has 0 unspecified atom stereocenters. The molecule has 0 spiro atoms. The number of aryl methyl sites for hydroxylation is 1. The summed E-state index contributed by atoms with van der Waals surface area (Å²) in [5.74, 6) is 1.60. The molecule has 58 heavy (non-hydrogen) atoms. The number of nitrogens with zero attached hydrogens (tertiary/aromatic N) is 3. The van der Waals surface area contributed by atoms with E-state index in [1.54, 1.807) is 12.1 Å². The van der Waals surface area contributed by atoms with Crippen LogP contribution >= 0.6 is 11.3 Å². The number of thiophene rings is 1. The van der Waals surface area contributed by atoms with Crippen molar-refractivity contribution >= 4 is 55.8 Å². The maximum absolute atomic E-state index is 7.35. The monoisotopic (exact) mass is 971 g/mol. The number of imidazole rings is 1. The predicted octanol–water partition coefficient (Wildman–Crippen LogP) is 14.2. The van der Waals surface area contributed by atoms with Crippen molar-refractivity contribution in [2.45, 2.75) is 66.0 Å². The van der Waals surface area contributed by atoms with E-state index in [0.717, 1.165) is 33.7 Å². The first-order chi connectivity index (χ1) is 28.7. The molecule has 0 aliphatic rings. The van der Waals surface area contributed by atoms with Gasteiger partial charge in [-0.3, -0.25) is 4.98 Å². The summed E-state index contributed by atoms with van der Waals surface area (Å²) in [5, 5.41) is 3.86. The zero-order chi connectivity index (χ0) is 42.3. The van der Waals surface area contributed by atoms with Gasteiger partial charge in [0.05, 0.1) is 24.9 Å². The minimum atomic E-state index is -2.08. The van der Waals surface area contributed by atoms with Crippen molar-refractivity contribution in [2.75, 3.05) is 0 Å². The fourth-order valence-electron chi connectivity index (χ4n) is 7.43. The third kappa shape index (κ3) is 8.30. The van der Waals surface area contributed by atoms with Crippen LogP contribution in [0.15, 0.2) is 140 Å². The molecule has 0 aliphatic carbocycles. The third-order valence-corrected chi connectivity index (χ3v) is 13.7. The summed E-state index contributed by atoms with van der Waals surface area (Å²) >= 11 is 1.82. The van der Waals surface area contributed by atoms with Crippen molar-refractivity contribution in [3.05, 3.63) is 168 Å². The van der Waals surface area contributed by atoms with Crippen molar-refractivity contribution in [2.24, 2.45) is 0 Å². The molecule has 0 fully saturated rings. The Morgan fingerprint density at radius 1 is 0.672 bits per heavy atom. The van der Waals surface area contributed by atoms with E-state index >= 15 is 0 Å². The second-order valence-electron chi connectivity index (χ2n) is 16.3. The zero-order valence-electron chi connectivity index (χ0n) is 37.0. The molecule has 0 atom stereocenters. The summed E-state index contributed by atoms with van der Waals surface area (Å²) in [4.78, 5) is 9.72. The smallest absolute Gasteiger partial charge is 0.0795 e. The summed E-state index contributed by atoms with van der Waals surface area (Å²) < 4.78 is 27.0. The van der Waals surface area contributed by atoms with Gasteiger partial charge in [0, 0.05) is 40.8 Å². The molecule has 9 rings (SSSR count). The molecule has 0 N–H and O–H groups in total. The number of aromatic nitrogens is 3. The van der Waals surface area contributed by atoms with Crippen LogP contribution in [0.5, 0.6) is 0 Å². The van der Waals surface area contributed by atoms with Gasteiger partial charge in [-0.05, 0) is 85.4 Å². The Hall–Kier alpha value is -4.97. The predicted molar refractivity (Wildman–Crippen MR) is 248 cm³/mol. The average molecular weight is 971 g/mol. The second kappa shape index (κ2) is 17.1. The molecule has 0 bridgehead atoms. The summed E-state index contributed by atoms with van der Waals surface area (Å²) in [6, 6.07) is 52.7. The van der Waals surface area contributed by atoms with Gasteiger partial charge in [-0.25, -0.2) is 0 Å². The van der Waals surface area contributed by atoms with Crippen LogP contribution in [-0.4, -0.2) is 22.6 Å². The Bertz CT molecular complexity index is 2860. The van der Waals surface area contributed by atoms with Gasteiger partial charge in [0.15, 0.2) is 0 Å². The first-order valence-electron chi connectivity index (χ1n) is 21.2. The molecule has 6 heteroatoms. The normalized spacial score (nSPS) is 12.6. The molecular formula is C52H49IrN3SSi-2. The molecule has 3 nitrogen and oxygen atoms in total. The Kier molecular flexibility index (Phi) is 11.0. The first kappa shape index (κ1) is 37.3. The van der Waals surface area contributed by atoms with Crippen LogP contribution in [-0.2, 0) is 20.1 Å². The van der Waals surface area contributed by atoms with Crippen molar-refractivity contribution in [1.82, 2.24) is 14.5 Å². The van der Waals surface area contributed by atoms with Crippen molar-refractivity contribution < 1.29 is 24.2 Å². The minimum absolute atomic E-state index is 0. The number of para-hydroxylation sites is 2. The fraction of sp³-hybridized carbons (Fsp3) is 0.192. The molecule has 0 amide bonds. The number of hydrogen-bond acceptors (Lipinski definition) is 3. The van der Waals surface area contributed by atoms with E-state index in [2.05, 4.69) is 178 Å². The van der Waals surface area contributed by atoms with Gasteiger partial charge in [-0.2, -0.15) is 11.3 Å². The number of rotatable bonds is 7. The Labute approximate surface area is 366 Å². The van der Waals surface area contributed by atoms with Crippen molar-refractivity contribution in [3.8, 4) is 39.5 Å².